The third kappa shape index (κ3) is 2.15. The van der Waals surface area contributed by atoms with E-state index in [2.05, 4.69) is 95.7 Å². The van der Waals surface area contributed by atoms with Crippen molar-refractivity contribution in [3.63, 3.8) is 0 Å². The molecule has 2 aromatic carbocycles. The van der Waals surface area contributed by atoms with Crippen molar-refractivity contribution < 1.29 is 17.4 Å². The first-order chi connectivity index (χ1) is 10.7. The molecule has 0 bridgehead atoms. The zero-order chi connectivity index (χ0) is 15.2. The molecule has 0 N–H and O–H groups in total. The van der Waals surface area contributed by atoms with Crippen molar-refractivity contribution in [3.8, 4) is 0 Å². The molecule has 0 spiro atoms. The molecule has 2 aromatic rings. The Hall–Kier alpha value is -0.847. The third-order valence-electron chi connectivity index (χ3n) is 4.99. The van der Waals surface area contributed by atoms with E-state index in [0.717, 1.165) is 0 Å². The molecule has 0 amide bonds. The summed E-state index contributed by atoms with van der Waals surface area (Å²) in [6, 6.07) is 17.7. The molecule has 2 aliphatic rings. The molecule has 2 atom stereocenters. The Morgan fingerprint density at radius 2 is 1.27 bits per heavy atom. The van der Waals surface area contributed by atoms with Crippen molar-refractivity contribution in [1.82, 2.24) is 0 Å². The van der Waals surface area contributed by atoms with Crippen LogP contribution in [0, 0.1) is 0 Å². The number of rotatable bonds is 2. The van der Waals surface area contributed by atoms with Gasteiger partial charge in [0.25, 0.3) is 0 Å². The predicted molar refractivity (Wildman–Crippen MR) is 97.1 cm³/mol. The van der Waals surface area contributed by atoms with Gasteiger partial charge >= 0.3 is 143 Å². The van der Waals surface area contributed by atoms with E-state index in [1.54, 1.807) is 0 Å². The van der Waals surface area contributed by atoms with Crippen molar-refractivity contribution in [3.05, 3.63) is 82.9 Å². The SMILES string of the molecule is C[CH]=[Zr]([Br])([CH]1C=Cc2ccccc21)[CH]1C=Cc2ccccc21. The molecular weight excluding hydrogens is 411 g/mol. The van der Waals surface area contributed by atoms with Gasteiger partial charge in [-0.05, 0) is 0 Å². The zero-order valence-corrected chi connectivity index (χ0v) is 16.6. The Kier molecular flexibility index (Phi) is 3.79. The molecule has 0 fully saturated rings. The van der Waals surface area contributed by atoms with Crippen LogP contribution < -0.4 is 0 Å². The van der Waals surface area contributed by atoms with Crippen LogP contribution in [0.5, 0.6) is 0 Å². The number of allylic oxidation sites excluding steroid dienone is 2. The summed E-state index contributed by atoms with van der Waals surface area (Å²) in [5.74, 6) is 0. The van der Waals surface area contributed by atoms with Crippen LogP contribution >= 0.6 is 12.2 Å². The van der Waals surface area contributed by atoms with Gasteiger partial charge in [-0.15, -0.1) is 0 Å². The fourth-order valence-corrected chi connectivity index (χ4v) is 16.8. The molecule has 2 aliphatic carbocycles. The standard InChI is InChI=1S/2C9H7.C2H4.BrH.Zr/c2*1-2-5-9-7-3-6-8(9)4-1;1-2;;/h2*1-7H;1H,2H3;1H;/q;;;;+1/p-1. The first kappa shape index (κ1) is 14.7. The van der Waals surface area contributed by atoms with Crippen molar-refractivity contribution in [2.45, 2.75) is 14.2 Å². The zero-order valence-electron chi connectivity index (χ0n) is 12.5. The second kappa shape index (κ2) is 5.66. The van der Waals surface area contributed by atoms with Gasteiger partial charge in [-0.25, -0.2) is 0 Å². The Morgan fingerprint density at radius 1 is 0.818 bits per heavy atom. The summed E-state index contributed by atoms with van der Waals surface area (Å²) in [4.78, 5) is 0. The number of benzene rings is 2. The predicted octanol–water partition coefficient (Wildman–Crippen LogP) is 5.81. The maximum atomic E-state index is 4.33. The number of hydrogen-bond donors (Lipinski definition) is 0. The summed E-state index contributed by atoms with van der Waals surface area (Å²) in [6.45, 7) is 2.26. The van der Waals surface area contributed by atoms with E-state index in [9.17, 15) is 0 Å². The van der Waals surface area contributed by atoms with E-state index in [1.165, 1.54) is 22.3 Å². The number of hydrogen-bond acceptors (Lipinski definition) is 0. The van der Waals surface area contributed by atoms with E-state index < -0.39 is 17.4 Å². The van der Waals surface area contributed by atoms with Gasteiger partial charge in [0, 0.05) is 0 Å². The molecule has 0 radical (unpaired) electrons. The quantitative estimate of drug-likeness (QED) is 0.565. The minimum absolute atomic E-state index is 0.566. The van der Waals surface area contributed by atoms with E-state index in [1.807, 2.05) is 0 Å². The molecule has 4 rings (SSSR count). The van der Waals surface area contributed by atoms with Crippen LogP contribution in [-0.2, 0) is 17.4 Å². The van der Waals surface area contributed by atoms with Gasteiger partial charge in [-0.2, -0.15) is 0 Å². The van der Waals surface area contributed by atoms with E-state index in [0.29, 0.717) is 7.25 Å². The van der Waals surface area contributed by atoms with Gasteiger partial charge in [0.1, 0.15) is 0 Å². The second-order valence-electron chi connectivity index (χ2n) is 6.05. The average molecular weight is 429 g/mol. The van der Waals surface area contributed by atoms with Crippen molar-refractivity contribution in [2.24, 2.45) is 0 Å². The Bertz CT molecular complexity index is 779. The van der Waals surface area contributed by atoms with Crippen LogP contribution in [0.2, 0.25) is 0 Å². The summed E-state index contributed by atoms with van der Waals surface area (Å²) in [7, 11) is 0. The Balaban J connectivity index is 1.84. The molecule has 2 unspecified atom stereocenters. The van der Waals surface area contributed by atoms with Gasteiger partial charge in [-0.3, -0.25) is 0 Å². The summed E-state index contributed by atoms with van der Waals surface area (Å²) >= 11 is 1.59. The van der Waals surface area contributed by atoms with Gasteiger partial charge in [0.05, 0.1) is 0 Å². The maximum absolute atomic E-state index is 4.33. The van der Waals surface area contributed by atoms with Gasteiger partial charge in [0.2, 0.25) is 0 Å². The van der Waals surface area contributed by atoms with Crippen LogP contribution in [0.4, 0.5) is 0 Å². The first-order valence-corrected chi connectivity index (χ1v) is 17.7. The van der Waals surface area contributed by atoms with E-state index in [-0.39, 0.29) is 0 Å². The fourth-order valence-electron chi connectivity index (χ4n) is 3.82. The van der Waals surface area contributed by atoms with Crippen LogP contribution in [0.25, 0.3) is 12.2 Å². The van der Waals surface area contributed by atoms with E-state index in [4.69, 9.17) is 0 Å². The summed E-state index contributed by atoms with van der Waals surface area (Å²) in [5, 5.41) is 0. The Morgan fingerprint density at radius 3 is 1.73 bits per heavy atom. The first-order valence-electron chi connectivity index (χ1n) is 7.78. The van der Waals surface area contributed by atoms with E-state index >= 15 is 0 Å². The summed E-state index contributed by atoms with van der Waals surface area (Å²) in [5.41, 5.74) is 5.80. The molecule has 0 nitrogen and oxygen atoms in total. The molecule has 2 heteroatoms. The molecule has 22 heavy (non-hydrogen) atoms. The van der Waals surface area contributed by atoms with Crippen molar-refractivity contribution >= 4 is 28.1 Å². The van der Waals surface area contributed by atoms with Gasteiger partial charge < -0.3 is 0 Å². The molecule has 0 heterocycles. The molecule has 0 saturated carbocycles. The topological polar surface area (TPSA) is 0 Å². The fraction of sp³-hybridized carbons (Fsp3) is 0.150. The van der Waals surface area contributed by atoms with Crippen LogP contribution in [0.15, 0.2) is 60.7 Å². The third-order valence-corrected chi connectivity index (χ3v) is 22.9. The Labute approximate surface area is 141 Å². The molecule has 0 aliphatic heterocycles. The number of fused-ring (bicyclic) bond motifs is 2. The minimum atomic E-state index is -2.74. The van der Waals surface area contributed by atoms with Crippen molar-refractivity contribution in [1.29, 1.82) is 0 Å². The monoisotopic (exact) mass is 427 g/mol. The molecular formula is C20H18BrZr. The summed E-state index contributed by atoms with van der Waals surface area (Å²) < 4.78 is 3.66. The van der Waals surface area contributed by atoms with Crippen LogP contribution in [-0.4, -0.2) is 3.71 Å². The second-order valence-corrected chi connectivity index (χ2v) is 22.7. The average Bonchev–Trinajstić information content (AvgIpc) is 3.19. The number of halogens is 1. The van der Waals surface area contributed by atoms with Gasteiger partial charge in [-0.1, -0.05) is 0 Å². The summed E-state index contributed by atoms with van der Waals surface area (Å²) in [6.07, 6.45) is 9.48. The molecule has 109 valence electrons. The van der Waals surface area contributed by atoms with Gasteiger partial charge in [0.15, 0.2) is 0 Å². The normalized spacial score (nSPS) is 23.9. The molecule has 0 saturated heterocycles. The molecule has 0 aromatic heterocycles. The van der Waals surface area contributed by atoms with Crippen LogP contribution in [0.1, 0.15) is 36.4 Å². The van der Waals surface area contributed by atoms with Crippen LogP contribution in [0.3, 0.4) is 0 Å². The van der Waals surface area contributed by atoms with Crippen molar-refractivity contribution in [2.75, 3.05) is 0 Å².